The van der Waals surface area contributed by atoms with Crippen molar-refractivity contribution < 1.29 is 0 Å². The highest BCUT2D eigenvalue weighted by atomic mass is 35.5. The number of aryl methyl sites for hydroxylation is 1. The lowest BCUT2D eigenvalue weighted by molar-refractivity contribution is 0.459. The average molecular weight is 280 g/mol. The molecule has 0 aliphatic heterocycles. The lowest BCUT2D eigenvalue weighted by atomic mass is 10.00. The SMILES string of the molecule is CC(C)n1c(CCC(C)(C)N)nc2cc(Cl)ccc21. The second-order valence-electron chi connectivity index (χ2n) is 6.11. The molecule has 0 spiro atoms. The summed E-state index contributed by atoms with van der Waals surface area (Å²) in [7, 11) is 0. The first-order valence-electron chi connectivity index (χ1n) is 6.73. The van der Waals surface area contributed by atoms with Gasteiger partial charge < -0.3 is 10.3 Å². The molecule has 1 aromatic heterocycles. The van der Waals surface area contributed by atoms with E-state index in [1.807, 2.05) is 32.0 Å². The maximum Gasteiger partial charge on any atom is 0.110 e. The summed E-state index contributed by atoms with van der Waals surface area (Å²) in [5, 5.41) is 0.728. The molecule has 1 heterocycles. The summed E-state index contributed by atoms with van der Waals surface area (Å²) in [6.45, 7) is 8.44. The number of imidazole rings is 1. The topological polar surface area (TPSA) is 43.8 Å². The van der Waals surface area contributed by atoms with Crippen LogP contribution in [0.3, 0.4) is 0 Å². The molecule has 3 nitrogen and oxygen atoms in total. The molecular formula is C15H22ClN3. The van der Waals surface area contributed by atoms with Crippen molar-refractivity contribution >= 4 is 22.6 Å². The molecule has 0 unspecified atom stereocenters. The van der Waals surface area contributed by atoms with Crippen LogP contribution in [0, 0.1) is 0 Å². The number of aromatic nitrogens is 2. The zero-order valence-corrected chi connectivity index (χ0v) is 12.8. The molecule has 0 atom stereocenters. The number of rotatable bonds is 4. The highest BCUT2D eigenvalue weighted by molar-refractivity contribution is 6.31. The quantitative estimate of drug-likeness (QED) is 0.921. The highest BCUT2D eigenvalue weighted by Crippen LogP contribution is 2.25. The molecule has 0 aliphatic carbocycles. The fourth-order valence-corrected chi connectivity index (χ4v) is 2.47. The van der Waals surface area contributed by atoms with Gasteiger partial charge in [0.1, 0.15) is 5.82 Å². The van der Waals surface area contributed by atoms with Crippen LogP contribution in [0.2, 0.25) is 5.02 Å². The maximum absolute atomic E-state index is 6.07. The number of hydrogen-bond donors (Lipinski definition) is 1. The molecule has 0 aliphatic rings. The molecule has 2 aromatic rings. The Bertz CT molecular complexity index is 579. The van der Waals surface area contributed by atoms with E-state index < -0.39 is 0 Å². The summed E-state index contributed by atoms with van der Waals surface area (Å²) in [6, 6.07) is 6.26. The van der Waals surface area contributed by atoms with E-state index in [0.717, 1.165) is 34.7 Å². The summed E-state index contributed by atoms with van der Waals surface area (Å²) < 4.78 is 2.28. The molecule has 4 heteroatoms. The van der Waals surface area contributed by atoms with Gasteiger partial charge in [-0.05, 0) is 52.3 Å². The Morgan fingerprint density at radius 2 is 2.05 bits per heavy atom. The highest BCUT2D eigenvalue weighted by Gasteiger charge is 2.17. The summed E-state index contributed by atoms with van der Waals surface area (Å²) >= 11 is 6.04. The first-order valence-corrected chi connectivity index (χ1v) is 7.11. The summed E-state index contributed by atoms with van der Waals surface area (Å²) in [4.78, 5) is 4.72. The lowest BCUT2D eigenvalue weighted by Gasteiger charge is -2.19. The van der Waals surface area contributed by atoms with E-state index in [-0.39, 0.29) is 5.54 Å². The minimum absolute atomic E-state index is 0.169. The number of hydrogen-bond acceptors (Lipinski definition) is 2. The molecule has 0 saturated heterocycles. The first-order chi connectivity index (χ1) is 8.78. The smallest absolute Gasteiger partial charge is 0.110 e. The van der Waals surface area contributed by atoms with E-state index in [1.165, 1.54) is 0 Å². The second kappa shape index (κ2) is 5.14. The number of nitrogens with zero attached hydrogens (tertiary/aromatic N) is 2. The van der Waals surface area contributed by atoms with Crippen molar-refractivity contribution in [3.8, 4) is 0 Å². The minimum Gasteiger partial charge on any atom is -0.326 e. The van der Waals surface area contributed by atoms with Gasteiger partial charge in [-0.3, -0.25) is 0 Å². The van der Waals surface area contributed by atoms with E-state index in [1.54, 1.807) is 0 Å². The third-order valence-electron chi connectivity index (χ3n) is 3.23. The van der Waals surface area contributed by atoms with E-state index in [4.69, 9.17) is 22.3 Å². The third kappa shape index (κ3) is 3.28. The van der Waals surface area contributed by atoms with Crippen molar-refractivity contribution in [2.24, 2.45) is 5.73 Å². The molecule has 0 fully saturated rings. The monoisotopic (exact) mass is 279 g/mol. The predicted octanol–water partition coefficient (Wildman–Crippen LogP) is 3.94. The van der Waals surface area contributed by atoms with Gasteiger partial charge in [0.15, 0.2) is 0 Å². The summed E-state index contributed by atoms with van der Waals surface area (Å²) in [5.74, 6) is 1.09. The fourth-order valence-electron chi connectivity index (χ4n) is 2.31. The van der Waals surface area contributed by atoms with E-state index in [2.05, 4.69) is 18.4 Å². The van der Waals surface area contributed by atoms with Gasteiger partial charge in [-0.25, -0.2) is 4.98 Å². The Morgan fingerprint density at radius 3 is 2.63 bits per heavy atom. The number of nitrogens with two attached hydrogens (primary N) is 1. The van der Waals surface area contributed by atoms with Crippen LogP contribution in [0.25, 0.3) is 11.0 Å². The normalized spacial score (nSPS) is 12.6. The molecule has 2 rings (SSSR count). The van der Waals surface area contributed by atoms with Crippen LogP contribution in [0.4, 0.5) is 0 Å². The van der Waals surface area contributed by atoms with Gasteiger partial charge in [0.05, 0.1) is 11.0 Å². The largest absolute Gasteiger partial charge is 0.326 e. The standard InChI is InChI=1S/C15H22ClN3/c1-10(2)19-13-6-5-11(16)9-12(13)18-14(19)7-8-15(3,4)17/h5-6,9-10H,7-8,17H2,1-4H3. The molecule has 1 aromatic carbocycles. The summed E-state index contributed by atoms with van der Waals surface area (Å²) in [6.07, 6.45) is 1.80. The van der Waals surface area contributed by atoms with Gasteiger partial charge in [-0.1, -0.05) is 11.6 Å². The van der Waals surface area contributed by atoms with E-state index in [9.17, 15) is 0 Å². The van der Waals surface area contributed by atoms with Crippen LogP contribution in [0.5, 0.6) is 0 Å². The molecule has 2 N–H and O–H groups in total. The van der Waals surface area contributed by atoms with Crippen LogP contribution in [-0.4, -0.2) is 15.1 Å². The van der Waals surface area contributed by atoms with Crippen molar-refractivity contribution in [3.05, 3.63) is 29.0 Å². The van der Waals surface area contributed by atoms with Crippen molar-refractivity contribution in [1.29, 1.82) is 0 Å². The van der Waals surface area contributed by atoms with Gasteiger partial charge in [-0.2, -0.15) is 0 Å². The first kappa shape index (κ1) is 14.4. The zero-order chi connectivity index (χ0) is 14.2. The van der Waals surface area contributed by atoms with Gasteiger partial charge in [0.2, 0.25) is 0 Å². The van der Waals surface area contributed by atoms with E-state index in [0.29, 0.717) is 6.04 Å². The van der Waals surface area contributed by atoms with Gasteiger partial charge in [0.25, 0.3) is 0 Å². The van der Waals surface area contributed by atoms with Crippen LogP contribution in [-0.2, 0) is 6.42 Å². The van der Waals surface area contributed by atoms with Crippen molar-refractivity contribution in [1.82, 2.24) is 9.55 Å². The Kier molecular flexibility index (Phi) is 3.88. The second-order valence-corrected chi connectivity index (χ2v) is 6.55. The maximum atomic E-state index is 6.07. The third-order valence-corrected chi connectivity index (χ3v) is 3.47. The minimum atomic E-state index is -0.169. The van der Waals surface area contributed by atoms with Gasteiger partial charge in [-0.15, -0.1) is 0 Å². The number of fused-ring (bicyclic) bond motifs is 1. The van der Waals surface area contributed by atoms with Crippen LogP contribution in [0.15, 0.2) is 18.2 Å². The molecule has 104 valence electrons. The molecule has 0 bridgehead atoms. The fraction of sp³-hybridized carbons (Fsp3) is 0.533. The van der Waals surface area contributed by atoms with Crippen LogP contribution in [0.1, 0.15) is 46.0 Å². The molecular weight excluding hydrogens is 258 g/mol. The van der Waals surface area contributed by atoms with Crippen molar-refractivity contribution in [2.75, 3.05) is 0 Å². The lowest BCUT2D eigenvalue weighted by Crippen LogP contribution is -2.32. The average Bonchev–Trinajstić information content (AvgIpc) is 2.62. The Hall–Kier alpha value is -1.06. The number of halogens is 1. The zero-order valence-electron chi connectivity index (χ0n) is 12.1. The van der Waals surface area contributed by atoms with E-state index >= 15 is 0 Å². The van der Waals surface area contributed by atoms with Crippen LogP contribution < -0.4 is 5.73 Å². The number of benzene rings is 1. The van der Waals surface area contributed by atoms with Gasteiger partial charge in [0, 0.05) is 23.0 Å². The molecule has 0 amide bonds. The Balaban J connectivity index is 2.44. The van der Waals surface area contributed by atoms with Crippen molar-refractivity contribution in [2.45, 2.75) is 52.1 Å². The Labute approximate surface area is 119 Å². The van der Waals surface area contributed by atoms with Crippen LogP contribution >= 0.6 is 11.6 Å². The molecule has 0 saturated carbocycles. The predicted molar refractivity (Wildman–Crippen MR) is 81.7 cm³/mol. The summed E-state index contributed by atoms with van der Waals surface area (Å²) in [5.41, 5.74) is 8.01. The van der Waals surface area contributed by atoms with Crippen molar-refractivity contribution in [3.63, 3.8) is 0 Å². The molecule has 19 heavy (non-hydrogen) atoms. The van der Waals surface area contributed by atoms with Gasteiger partial charge >= 0.3 is 0 Å². The molecule has 0 radical (unpaired) electrons. The Morgan fingerprint density at radius 1 is 1.37 bits per heavy atom.